The number of ether oxygens (including phenoxy) is 1. The number of nitrogens with one attached hydrogen (secondary N) is 2. The average molecular weight is 492 g/mol. The summed E-state index contributed by atoms with van der Waals surface area (Å²) in [6.45, 7) is 5.89. The Bertz CT molecular complexity index is 1190. The number of anilines is 1. The van der Waals surface area contributed by atoms with Gasteiger partial charge in [0.1, 0.15) is 5.75 Å². The second-order valence-electron chi connectivity index (χ2n) is 9.22. The van der Waals surface area contributed by atoms with E-state index in [-0.39, 0.29) is 18.0 Å². The van der Waals surface area contributed by atoms with Crippen molar-refractivity contribution in [2.45, 2.75) is 58.3 Å². The summed E-state index contributed by atoms with van der Waals surface area (Å²) in [6, 6.07) is 17.3. The van der Waals surface area contributed by atoms with E-state index < -0.39 is 6.10 Å². The molecule has 3 aromatic rings. The summed E-state index contributed by atoms with van der Waals surface area (Å²) in [5.41, 5.74) is 3.59. The number of benzene rings is 3. The molecule has 0 radical (unpaired) electrons. The molecule has 7 heteroatoms. The standard InChI is InChI=1S/C29H37N3O4/c1-19(31-29(35)20(2)30-4)10-11-22-8-6-7-9-27(22)32(18-33)17-26-25-14-12-23(21(3)34)16-24(25)13-15-28(26)36-5/h6-9,12-16,18-21,30,34H,10-11,17H2,1-5H3,(H,31,35)/t19?,20-,21?/m0/s1. The molecule has 0 spiro atoms. The zero-order valence-electron chi connectivity index (χ0n) is 21.7. The van der Waals surface area contributed by atoms with Gasteiger partial charge in [0, 0.05) is 17.3 Å². The number of methoxy groups -OCH3 is 1. The average Bonchev–Trinajstić information content (AvgIpc) is 2.89. The van der Waals surface area contributed by atoms with Gasteiger partial charge in [-0.1, -0.05) is 36.4 Å². The Balaban J connectivity index is 1.86. The van der Waals surface area contributed by atoms with Crippen LogP contribution in [0, 0.1) is 0 Å². The van der Waals surface area contributed by atoms with Crippen LogP contribution in [0.5, 0.6) is 5.75 Å². The van der Waals surface area contributed by atoms with Crippen LogP contribution < -0.4 is 20.3 Å². The van der Waals surface area contributed by atoms with Gasteiger partial charge >= 0.3 is 0 Å². The van der Waals surface area contributed by atoms with E-state index in [2.05, 4.69) is 10.6 Å². The van der Waals surface area contributed by atoms with Crippen molar-refractivity contribution in [3.8, 4) is 5.75 Å². The highest BCUT2D eigenvalue weighted by atomic mass is 16.5. The van der Waals surface area contributed by atoms with E-state index in [1.807, 2.05) is 68.4 Å². The third-order valence-electron chi connectivity index (χ3n) is 6.63. The summed E-state index contributed by atoms with van der Waals surface area (Å²) in [4.78, 5) is 26.2. The van der Waals surface area contributed by atoms with Crippen molar-refractivity contribution < 1.29 is 19.4 Å². The minimum atomic E-state index is -0.563. The number of nitrogens with zero attached hydrogens (tertiary/aromatic N) is 1. The number of para-hydroxylation sites is 1. The van der Waals surface area contributed by atoms with Gasteiger partial charge in [-0.05, 0) is 80.8 Å². The first-order valence-electron chi connectivity index (χ1n) is 12.3. The molecule has 3 atom stereocenters. The van der Waals surface area contributed by atoms with Crippen LogP contribution in [-0.2, 0) is 22.6 Å². The molecule has 3 rings (SSSR count). The molecule has 0 bridgehead atoms. The second kappa shape index (κ2) is 12.5. The maximum absolute atomic E-state index is 12.3. The number of aliphatic hydroxyl groups is 1. The zero-order chi connectivity index (χ0) is 26.2. The first-order valence-corrected chi connectivity index (χ1v) is 12.3. The first-order chi connectivity index (χ1) is 17.3. The van der Waals surface area contributed by atoms with Gasteiger partial charge in [-0.15, -0.1) is 0 Å². The fourth-order valence-electron chi connectivity index (χ4n) is 4.30. The van der Waals surface area contributed by atoms with E-state index in [9.17, 15) is 14.7 Å². The lowest BCUT2D eigenvalue weighted by molar-refractivity contribution is -0.123. The number of carbonyl (C=O) groups is 2. The summed E-state index contributed by atoms with van der Waals surface area (Å²) in [5, 5.41) is 17.9. The van der Waals surface area contributed by atoms with Crippen LogP contribution in [0.25, 0.3) is 10.8 Å². The number of likely N-dealkylation sites (N-methyl/N-ethyl adjacent to an activating group) is 1. The Morgan fingerprint density at radius 2 is 1.86 bits per heavy atom. The summed E-state index contributed by atoms with van der Waals surface area (Å²) in [6.07, 6.45) is 1.74. The lowest BCUT2D eigenvalue weighted by Crippen LogP contribution is -2.44. The first kappa shape index (κ1) is 27.2. The molecular formula is C29H37N3O4. The number of aryl methyl sites for hydroxylation is 1. The summed E-state index contributed by atoms with van der Waals surface area (Å²) < 4.78 is 5.65. The molecule has 3 N–H and O–H groups in total. The summed E-state index contributed by atoms with van der Waals surface area (Å²) >= 11 is 0. The molecule has 0 saturated carbocycles. The Hall–Kier alpha value is -3.42. The second-order valence-corrected chi connectivity index (χ2v) is 9.22. The largest absolute Gasteiger partial charge is 0.496 e. The molecule has 36 heavy (non-hydrogen) atoms. The molecule has 2 amide bonds. The Morgan fingerprint density at radius 1 is 1.11 bits per heavy atom. The molecule has 0 heterocycles. The van der Waals surface area contributed by atoms with Gasteiger partial charge in [0.15, 0.2) is 0 Å². The van der Waals surface area contributed by atoms with Crippen LogP contribution in [0.15, 0.2) is 54.6 Å². The zero-order valence-corrected chi connectivity index (χ0v) is 21.7. The fraction of sp³-hybridized carbons (Fsp3) is 0.379. The van der Waals surface area contributed by atoms with Crippen molar-refractivity contribution in [2.24, 2.45) is 0 Å². The van der Waals surface area contributed by atoms with Crippen LogP contribution in [-0.4, -0.2) is 43.7 Å². The molecule has 0 aliphatic carbocycles. The molecule has 0 aliphatic heterocycles. The smallest absolute Gasteiger partial charge is 0.237 e. The number of amides is 2. The highest BCUT2D eigenvalue weighted by Gasteiger charge is 2.18. The van der Waals surface area contributed by atoms with Crippen molar-refractivity contribution in [1.82, 2.24) is 10.6 Å². The van der Waals surface area contributed by atoms with Gasteiger partial charge in [-0.3, -0.25) is 9.59 Å². The van der Waals surface area contributed by atoms with Gasteiger partial charge in [0.2, 0.25) is 12.3 Å². The van der Waals surface area contributed by atoms with Crippen molar-refractivity contribution >= 4 is 28.8 Å². The molecule has 7 nitrogen and oxygen atoms in total. The predicted molar refractivity (Wildman–Crippen MR) is 144 cm³/mol. The molecule has 0 saturated heterocycles. The molecule has 0 aliphatic rings. The maximum Gasteiger partial charge on any atom is 0.237 e. The van der Waals surface area contributed by atoms with Gasteiger partial charge in [-0.2, -0.15) is 0 Å². The van der Waals surface area contributed by atoms with Crippen molar-refractivity contribution in [1.29, 1.82) is 0 Å². The normalized spacial score (nSPS) is 13.6. The minimum Gasteiger partial charge on any atom is -0.496 e. The van der Waals surface area contributed by atoms with Crippen LogP contribution >= 0.6 is 0 Å². The van der Waals surface area contributed by atoms with Gasteiger partial charge < -0.3 is 25.4 Å². The van der Waals surface area contributed by atoms with Crippen LogP contribution in [0.3, 0.4) is 0 Å². The summed E-state index contributed by atoms with van der Waals surface area (Å²) in [7, 11) is 3.38. The van der Waals surface area contributed by atoms with E-state index in [1.54, 1.807) is 26.0 Å². The van der Waals surface area contributed by atoms with E-state index in [1.165, 1.54) is 0 Å². The fourth-order valence-corrected chi connectivity index (χ4v) is 4.30. The molecule has 192 valence electrons. The molecule has 2 unspecified atom stereocenters. The third kappa shape index (κ3) is 6.42. The van der Waals surface area contributed by atoms with E-state index >= 15 is 0 Å². The number of aliphatic hydroxyl groups excluding tert-OH is 1. The monoisotopic (exact) mass is 491 g/mol. The maximum atomic E-state index is 12.3. The highest BCUT2D eigenvalue weighted by Crippen LogP contribution is 2.33. The van der Waals surface area contributed by atoms with Gasteiger partial charge in [-0.25, -0.2) is 0 Å². The lowest BCUT2D eigenvalue weighted by Gasteiger charge is -2.24. The number of carbonyl (C=O) groups excluding carboxylic acids is 2. The van der Waals surface area contributed by atoms with Crippen molar-refractivity contribution in [3.63, 3.8) is 0 Å². The van der Waals surface area contributed by atoms with E-state index in [0.717, 1.165) is 46.0 Å². The third-order valence-corrected chi connectivity index (χ3v) is 6.63. The number of hydrogen-bond donors (Lipinski definition) is 3. The quantitative estimate of drug-likeness (QED) is 0.332. The number of hydrogen-bond acceptors (Lipinski definition) is 5. The van der Waals surface area contributed by atoms with Gasteiger partial charge in [0.05, 0.1) is 25.8 Å². The molecule has 0 fully saturated rings. The highest BCUT2D eigenvalue weighted by molar-refractivity contribution is 5.90. The summed E-state index contributed by atoms with van der Waals surface area (Å²) in [5.74, 6) is 0.668. The minimum absolute atomic E-state index is 0.00712. The number of rotatable bonds is 12. The lowest BCUT2D eigenvalue weighted by atomic mass is 9.98. The molecule has 0 aromatic heterocycles. The topological polar surface area (TPSA) is 90.9 Å². The van der Waals surface area contributed by atoms with Crippen molar-refractivity contribution in [3.05, 3.63) is 71.3 Å². The molecule has 3 aromatic carbocycles. The Labute approximate surface area is 213 Å². The van der Waals surface area contributed by atoms with Crippen LogP contribution in [0.1, 0.15) is 50.0 Å². The Kier molecular flexibility index (Phi) is 9.44. The van der Waals surface area contributed by atoms with Crippen molar-refractivity contribution in [2.75, 3.05) is 19.1 Å². The number of fused-ring (bicyclic) bond motifs is 1. The van der Waals surface area contributed by atoms with E-state index in [0.29, 0.717) is 18.7 Å². The Morgan fingerprint density at radius 3 is 2.53 bits per heavy atom. The van der Waals surface area contributed by atoms with Crippen LogP contribution in [0.2, 0.25) is 0 Å². The SMILES string of the molecule is CN[C@@H](C)C(=O)NC(C)CCc1ccccc1N(C=O)Cc1c(OC)ccc2cc(C(C)O)ccc12. The molecular weight excluding hydrogens is 454 g/mol. The van der Waals surface area contributed by atoms with Crippen LogP contribution in [0.4, 0.5) is 5.69 Å². The van der Waals surface area contributed by atoms with E-state index in [4.69, 9.17) is 4.74 Å². The predicted octanol–water partition coefficient (Wildman–Crippen LogP) is 4.11. The van der Waals surface area contributed by atoms with Gasteiger partial charge in [0.25, 0.3) is 0 Å².